The van der Waals surface area contributed by atoms with Crippen molar-refractivity contribution in [3.63, 3.8) is 0 Å². The molecule has 31 heavy (non-hydrogen) atoms. The van der Waals surface area contributed by atoms with E-state index in [1.54, 1.807) is 6.07 Å². The van der Waals surface area contributed by atoms with Crippen LogP contribution in [-0.4, -0.2) is 20.0 Å². The van der Waals surface area contributed by atoms with Crippen LogP contribution in [0.4, 0.5) is 5.69 Å². The van der Waals surface area contributed by atoms with Gasteiger partial charge in [-0.05, 0) is 28.5 Å². The molecule has 4 aromatic rings. The lowest BCUT2D eigenvalue weighted by atomic mass is 10.0. The lowest BCUT2D eigenvalue weighted by Gasteiger charge is -2.24. The zero-order valence-electron chi connectivity index (χ0n) is 16.8. The van der Waals surface area contributed by atoms with Crippen LogP contribution in [0.5, 0.6) is 11.5 Å². The summed E-state index contributed by atoms with van der Waals surface area (Å²) in [6.45, 7) is 1.24. The topological polar surface area (TPSA) is 86.8 Å². The van der Waals surface area contributed by atoms with Crippen molar-refractivity contribution in [2.24, 2.45) is 0 Å². The first kappa shape index (κ1) is 20.4. The third kappa shape index (κ3) is 4.65. The number of aromatic hydroxyl groups is 2. The van der Waals surface area contributed by atoms with Crippen LogP contribution in [0.3, 0.4) is 0 Å². The standard InChI is InChI=1S/C25H22N2O4/c28-24-13-11-21(27(30)31)14-20(24)16-26(15-18-6-2-1-3-7-18)17-23-22-9-5-4-8-19(22)10-12-25(23)29/h1-14,28-29H,15-17H2. The van der Waals surface area contributed by atoms with Crippen LogP contribution < -0.4 is 0 Å². The lowest BCUT2D eigenvalue weighted by Crippen LogP contribution is -2.22. The summed E-state index contributed by atoms with van der Waals surface area (Å²) in [6, 6.07) is 25.3. The molecule has 0 aliphatic carbocycles. The van der Waals surface area contributed by atoms with Crippen molar-refractivity contribution in [2.45, 2.75) is 19.6 Å². The molecule has 0 fully saturated rings. The van der Waals surface area contributed by atoms with Crippen molar-refractivity contribution in [2.75, 3.05) is 0 Å². The molecule has 0 spiro atoms. The second-order valence-corrected chi connectivity index (χ2v) is 7.49. The van der Waals surface area contributed by atoms with Gasteiger partial charge in [0, 0.05) is 42.9 Å². The van der Waals surface area contributed by atoms with Crippen LogP contribution in [0.2, 0.25) is 0 Å². The number of benzene rings is 4. The van der Waals surface area contributed by atoms with Gasteiger partial charge in [-0.2, -0.15) is 0 Å². The summed E-state index contributed by atoms with van der Waals surface area (Å²) < 4.78 is 0. The number of hydrogen-bond donors (Lipinski definition) is 2. The average Bonchev–Trinajstić information content (AvgIpc) is 2.77. The summed E-state index contributed by atoms with van der Waals surface area (Å²) in [6.07, 6.45) is 0. The van der Waals surface area contributed by atoms with Gasteiger partial charge in [-0.3, -0.25) is 15.0 Å². The molecule has 0 atom stereocenters. The van der Waals surface area contributed by atoms with E-state index in [4.69, 9.17) is 0 Å². The Morgan fingerprint density at radius 2 is 1.48 bits per heavy atom. The van der Waals surface area contributed by atoms with Crippen LogP contribution in [-0.2, 0) is 19.6 Å². The fraction of sp³-hybridized carbons (Fsp3) is 0.120. The van der Waals surface area contributed by atoms with Gasteiger partial charge in [-0.25, -0.2) is 0 Å². The number of phenolic OH excluding ortho intramolecular Hbond substituents is 2. The Balaban J connectivity index is 1.72. The molecule has 0 saturated heterocycles. The fourth-order valence-electron chi connectivity index (χ4n) is 3.78. The van der Waals surface area contributed by atoms with Gasteiger partial charge in [0.1, 0.15) is 11.5 Å². The molecule has 2 N–H and O–H groups in total. The molecule has 6 nitrogen and oxygen atoms in total. The van der Waals surface area contributed by atoms with E-state index in [0.29, 0.717) is 18.7 Å². The minimum atomic E-state index is -0.471. The second kappa shape index (κ2) is 8.85. The van der Waals surface area contributed by atoms with Crippen molar-refractivity contribution >= 4 is 16.5 Å². The van der Waals surface area contributed by atoms with E-state index in [1.807, 2.05) is 60.7 Å². The van der Waals surface area contributed by atoms with Crippen molar-refractivity contribution in [1.82, 2.24) is 4.90 Å². The Kier molecular flexibility index (Phi) is 5.82. The molecule has 4 aromatic carbocycles. The van der Waals surface area contributed by atoms with E-state index >= 15 is 0 Å². The number of non-ortho nitro benzene ring substituents is 1. The van der Waals surface area contributed by atoms with Crippen LogP contribution >= 0.6 is 0 Å². The maximum Gasteiger partial charge on any atom is 0.270 e. The number of nitro groups is 1. The van der Waals surface area contributed by atoms with Crippen LogP contribution in [0.25, 0.3) is 10.8 Å². The number of nitrogens with zero attached hydrogens (tertiary/aromatic N) is 2. The van der Waals surface area contributed by atoms with E-state index in [2.05, 4.69) is 4.90 Å². The highest BCUT2D eigenvalue weighted by Gasteiger charge is 2.17. The molecule has 0 aliphatic heterocycles. The minimum Gasteiger partial charge on any atom is -0.508 e. The maximum atomic E-state index is 11.2. The van der Waals surface area contributed by atoms with Crippen molar-refractivity contribution in [1.29, 1.82) is 0 Å². The summed E-state index contributed by atoms with van der Waals surface area (Å²) >= 11 is 0. The molecule has 0 amide bonds. The average molecular weight is 414 g/mol. The van der Waals surface area contributed by atoms with Crippen LogP contribution in [0.1, 0.15) is 16.7 Å². The lowest BCUT2D eigenvalue weighted by molar-refractivity contribution is -0.385. The van der Waals surface area contributed by atoms with Crippen LogP contribution in [0, 0.1) is 10.1 Å². The largest absolute Gasteiger partial charge is 0.508 e. The van der Waals surface area contributed by atoms with E-state index in [-0.39, 0.29) is 23.7 Å². The summed E-state index contributed by atoms with van der Waals surface area (Å²) in [5.74, 6) is 0.200. The normalized spacial score (nSPS) is 11.1. The SMILES string of the molecule is O=[N+]([O-])c1ccc(O)c(CN(Cc2ccccc2)Cc2c(O)ccc3ccccc23)c1. The molecule has 6 heteroatoms. The van der Waals surface area contributed by atoms with Gasteiger partial charge in [-0.15, -0.1) is 0 Å². The minimum absolute atomic E-state index is 0.00537. The molecular weight excluding hydrogens is 392 g/mol. The van der Waals surface area contributed by atoms with E-state index in [9.17, 15) is 20.3 Å². The third-order valence-electron chi connectivity index (χ3n) is 5.31. The zero-order valence-corrected chi connectivity index (χ0v) is 16.8. The number of fused-ring (bicyclic) bond motifs is 1. The summed E-state index contributed by atoms with van der Waals surface area (Å²) in [7, 11) is 0. The summed E-state index contributed by atoms with van der Waals surface area (Å²) in [4.78, 5) is 12.8. The first-order valence-corrected chi connectivity index (χ1v) is 9.93. The van der Waals surface area contributed by atoms with Gasteiger partial charge in [0.15, 0.2) is 0 Å². The van der Waals surface area contributed by atoms with Crippen molar-refractivity contribution < 1.29 is 15.1 Å². The third-order valence-corrected chi connectivity index (χ3v) is 5.31. The van der Waals surface area contributed by atoms with Crippen molar-refractivity contribution in [3.8, 4) is 11.5 Å². The van der Waals surface area contributed by atoms with Gasteiger partial charge in [-0.1, -0.05) is 60.7 Å². The monoisotopic (exact) mass is 414 g/mol. The molecule has 156 valence electrons. The highest BCUT2D eigenvalue weighted by atomic mass is 16.6. The Labute approximate surface area is 179 Å². The molecule has 0 radical (unpaired) electrons. The molecule has 0 saturated carbocycles. The highest BCUT2D eigenvalue weighted by molar-refractivity contribution is 5.87. The number of nitro benzene ring substituents is 1. The van der Waals surface area contributed by atoms with Crippen LogP contribution in [0.15, 0.2) is 84.9 Å². The Morgan fingerprint density at radius 1 is 0.774 bits per heavy atom. The predicted molar refractivity (Wildman–Crippen MR) is 120 cm³/mol. The molecule has 0 unspecified atom stereocenters. The van der Waals surface area contributed by atoms with Crippen molar-refractivity contribution in [3.05, 3.63) is 112 Å². The molecular formula is C25H22N2O4. The Morgan fingerprint density at radius 3 is 2.26 bits per heavy atom. The van der Waals surface area contributed by atoms with Gasteiger partial charge in [0.25, 0.3) is 5.69 Å². The van der Waals surface area contributed by atoms with Gasteiger partial charge in [0.2, 0.25) is 0 Å². The van der Waals surface area contributed by atoms with Gasteiger partial charge < -0.3 is 10.2 Å². The van der Waals surface area contributed by atoms with Gasteiger partial charge in [0.05, 0.1) is 4.92 Å². The molecule has 0 heterocycles. The smallest absolute Gasteiger partial charge is 0.270 e. The quantitative estimate of drug-likeness (QED) is 0.314. The summed E-state index contributed by atoms with van der Waals surface area (Å²) in [5.41, 5.74) is 2.23. The zero-order chi connectivity index (χ0) is 21.8. The van der Waals surface area contributed by atoms with Gasteiger partial charge >= 0.3 is 0 Å². The van der Waals surface area contributed by atoms with E-state index < -0.39 is 4.92 Å². The Hall–Kier alpha value is -3.90. The first-order valence-electron chi connectivity index (χ1n) is 9.93. The second-order valence-electron chi connectivity index (χ2n) is 7.49. The molecule has 0 aliphatic rings. The van der Waals surface area contributed by atoms with E-state index in [1.165, 1.54) is 18.2 Å². The maximum absolute atomic E-state index is 11.2. The predicted octanol–water partition coefficient (Wildman–Crippen LogP) is 5.36. The molecule has 4 rings (SSSR count). The molecule has 0 aromatic heterocycles. The first-order chi connectivity index (χ1) is 15.0. The molecule has 0 bridgehead atoms. The fourth-order valence-corrected chi connectivity index (χ4v) is 3.78. The van der Waals surface area contributed by atoms with E-state index in [0.717, 1.165) is 21.9 Å². The number of hydrogen-bond acceptors (Lipinski definition) is 5. The number of rotatable bonds is 7. The highest BCUT2D eigenvalue weighted by Crippen LogP contribution is 2.31. The summed E-state index contributed by atoms with van der Waals surface area (Å²) in [5, 5.41) is 34.1. The number of phenols is 2. The Bertz CT molecular complexity index is 1220.